The van der Waals surface area contributed by atoms with Gasteiger partial charge in [-0.2, -0.15) is 8.42 Å². The Bertz CT molecular complexity index is 1640. The number of aliphatic hydroxyl groups excluding tert-OH is 1. The minimum atomic E-state index is -4.36. The molecule has 37 heavy (non-hydrogen) atoms. The summed E-state index contributed by atoms with van der Waals surface area (Å²) in [5, 5.41) is 17.4. The highest BCUT2D eigenvalue weighted by Gasteiger charge is 2.70. The zero-order valence-electron chi connectivity index (χ0n) is 19.5. The average Bonchev–Trinajstić information content (AvgIpc) is 3.42. The van der Waals surface area contributed by atoms with E-state index in [4.69, 9.17) is 0 Å². The molecule has 3 heterocycles. The Kier molecular flexibility index (Phi) is 5.01. The van der Waals surface area contributed by atoms with Gasteiger partial charge in [-0.15, -0.1) is 4.40 Å². The van der Waals surface area contributed by atoms with Crippen molar-refractivity contribution in [1.82, 2.24) is 10.0 Å². The Hall–Kier alpha value is -3.49. The van der Waals surface area contributed by atoms with Crippen LogP contribution in [0.3, 0.4) is 0 Å². The number of carbonyl (C=O) groups is 1. The molecule has 0 aromatic heterocycles. The Morgan fingerprint density at radius 1 is 1.24 bits per heavy atom. The lowest BCUT2D eigenvalue weighted by Crippen LogP contribution is -2.57. The first-order chi connectivity index (χ1) is 17.4. The van der Waals surface area contributed by atoms with Gasteiger partial charge in [0.2, 0.25) is 10.0 Å². The summed E-state index contributed by atoms with van der Waals surface area (Å²) in [7, 11) is -8.00. The predicted octanol–water partition coefficient (Wildman–Crippen LogP) is 1.94. The van der Waals surface area contributed by atoms with Gasteiger partial charge in [0.15, 0.2) is 5.84 Å². The van der Waals surface area contributed by atoms with Crippen molar-refractivity contribution in [2.45, 2.75) is 29.8 Å². The standard InChI is InChI=1S/C23H22FN5O6S2/c1-36(32,33)26-16-6-7-17-18(10-16)37(34,35)27-21(25-17)19-20(30)23-11-14(23)8-9-29(23)28(22(19)31)12-13-2-4-15(24)5-3-13/h2-7,10,14,26,30H,8-9,11-12H2,1H3,(H,25,27)/t14-,23+/m1/s1. The molecule has 2 atom stereocenters. The van der Waals surface area contributed by atoms with Crippen molar-refractivity contribution in [2.75, 3.05) is 22.8 Å². The molecule has 6 rings (SSSR count). The summed E-state index contributed by atoms with van der Waals surface area (Å²) in [6.45, 7) is 0.633. The largest absolute Gasteiger partial charge is 0.509 e. The van der Waals surface area contributed by atoms with Crippen LogP contribution < -0.4 is 10.0 Å². The zero-order valence-corrected chi connectivity index (χ0v) is 21.1. The maximum absolute atomic E-state index is 13.7. The molecule has 4 aliphatic rings. The molecule has 11 nitrogen and oxygen atoms in total. The Morgan fingerprint density at radius 3 is 2.65 bits per heavy atom. The Morgan fingerprint density at radius 2 is 1.97 bits per heavy atom. The molecular formula is C23H22FN5O6S2. The zero-order chi connectivity index (χ0) is 26.3. The molecule has 1 aliphatic carbocycles. The van der Waals surface area contributed by atoms with Gasteiger partial charge in [-0.05, 0) is 54.7 Å². The third-order valence-electron chi connectivity index (χ3n) is 7.12. The lowest BCUT2D eigenvalue weighted by atomic mass is 10.0. The molecule has 1 spiro atoms. The van der Waals surface area contributed by atoms with Crippen molar-refractivity contribution in [1.29, 1.82) is 0 Å². The van der Waals surface area contributed by atoms with Crippen LogP contribution in [-0.4, -0.2) is 62.0 Å². The molecule has 0 unspecified atom stereocenters. The number of hydrogen-bond donors (Lipinski definition) is 3. The fourth-order valence-corrected chi connectivity index (χ4v) is 7.14. The van der Waals surface area contributed by atoms with Crippen LogP contribution in [-0.2, 0) is 31.4 Å². The number of amidine groups is 1. The smallest absolute Gasteiger partial charge is 0.286 e. The van der Waals surface area contributed by atoms with Gasteiger partial charge in [0.1, 0.15) is 27.6 Å². The second-order valence-corrected chi connectivity index (χ2v) is 12.9. The van der Waals surface area contributed by atoms with Crippen LogP contribution in [0.15, 0.2) is 63.1 Å². The number of hydrazine groups is 1. The van der Waals surface area contributed by atoms with E-state index in [2.05, 4.69) is 14.4 Å². The van der Waals surface area contributed by atoms with Gasteiger partial charge < -0.3 is 10.4 Å². The number of nitrogens with one attached hydrogen (secondary N) is 2. The fraction of sp³-hybridized carbons (Fsp3) is 0.304. The highest BCUT2D eigenvalue weighted by atomic mass is 32.2. The SMILES string of the molecule is CS(=O)(=O)Nc1ccc2c(c1)S(=O)(=O)N=C(C1=C(O)[C@]34C[C@H]3CCN4N(Cc3ccc(F)cc3)C1=O)N2. The van der Waals surface area contributed by atoms with Crippen molar-refractivity contribution >= 4 is 43.2 Å². The van der Waals surface area contributed by atoms with Gasteiger partial charge in [-0.3, -0.25) is 14.5 Å². The molecule has 0 radical (unpaired) electrons. The molecular weight excluding hydrogens is 525 g/mol. The van der Waals surface area contributed by atoms with E-state index in [-0.39, 0.29) is 45.9 Å². The maximum Gasteiger partial charge on any atom is 0.286 e. The summed E-state index contributed by atoms with van der Waals surface area (Å²) in [4.78, 5) is 13.5. The van der Waals surface area contributed by atoms with E-state index in [1.54, 1.807) is 12.1 Å². The first kappa shape index (κ1) is 23.9. The van der Waals surface area contributed by atoms with Crippen LogP contribution in [0.5, 0.6) is 0 Å². The Balaban J connectivity index is 1.41. The predicted molar refractivity (Wildman–Crippen MR) is 132 cm³/mol. The van der Waals surface area contributed by atoms with Gasteiger partial charge in [0, 0.05) is 12.2 Å². The van der Waals surface area contributed by atoms with Gasteiger partial charge in [-0.25, -0.2) is 17.8 Å². The van der Waals surface area contributed by atoms with Gasteiger partial charge >= 0.3 is 0 Å². The summed E-state index contributed by atoms with van der Waals surface area (Å²) in [6.07, 6.45) is 2.29. The molecule has 2 aromatic carbocycles. The normalized spacial score (nSPS) is 26.1. The molecule has 2 fully saturated rings. The molecule has 1 amide bonds. The third kappa shape index (κ3) is 3.78. The third-order valence-corrected chi connectivity index (χ3v) is 9.04. The minimum Gasteiger partial charge on any atom is -0.509 e. The molecule has 2 aromatic rings. The van der Waals surface area contributed by atoms with Crippen molar-refractivity contribution < 1.29 is 31.1 Å². The van der Waals surface area contributed by atoms with Crippen LogP contribution >= 0.6 is 0 Å². The molecule has 3 N–H and O–H groups in total. The minimum absolute atomic E-state index is 0.0351. The summed E-state index contributed by atoms with van der Waals surface area (Å²) >= 11 is 0. The van der Waals surface area contributed by atoms with E-state index in [9.17, 15) is 31.1 Å². The van der Waals surface area contributed by atoms with E-state index in [1.165, 1.54) is 29.3 Å². The number of amides is 1. The lowest BCUT2D eigenvalue weighted by Gasteiger charge is -2.43. The molecule has 14 heteroatoms. The summed E-state index contributed by atoms with van der Waals surface area (Å²) in [5.74, 6) is -1.49. The van der Waals surface area contributed by atoms with Crippen molar-refractivity contribution in [3.05, 3.63) is 65.2 Å². The molecule has 1 saturated heterocycles. The van der Waals surface area contributed by atoms with Crippen LogP contribution in [0, 0.1) is 11.7 Å². The van der Waals surface area contributed by atoms with Gasteiger partial charge in [-0.1, -0.05) is 12.1 Å². The van der Waals surface area contributed by atoms with Crippen LogP contribution in [0.4, 0.5) is 15.8 Å². The van der Waals surface area contributed by atoms with Crippen LogP contribution in [0.2, 0.25) is 0 Å². The average molecular weight is 548 g/mol. The lowest BCUT2D eigenvalue weighted by molar-refractivity contribution is -0.154. The quantitative estimate of drug-likeness (QED) is 0.514. The highest BCUT2D eigenvalue weighted by molar-refractivity contribution is 7.92. The van der Waals surface area contributed by atoms with Crippen LogP contribution in [0.1, 0.15) is 18.4 Å². The molecule has 1 saturated carbocycles. The van der Waals surface area contributed by atoms with E-state index in [0.29, 0.717) is 18.5 Å². The van der Waals surface area contributed by atoms with Crippen molar-refractivity contribution in [3.8, 4) is 0 Å². The number of benzene rings is 2. The van der Waals surface area contributed by atoms with E-state index in [1.807, 2.05) is 5.01 Å². The van der Waals surface area contributed by atoms with E-state index < -0.39 is 37.3 Å². The number of rotatable bonds is 5. The van der Waals surface area contributed by atoms with E-state index in [0.717, 1.165) is 18.7 Å². The number of halogens is 1. The van der Waals surface area contributed by atoms with Crippen molar-refractivity contribution in [2.24, 2.45) is 10.3 Å². The number of nitrogens with zero attached hydrogens (tertiary/aromatic N) is 3. The second kappa shape index (κ2) is 7.76. The maximum atomic E-state index is 13.7. The van der Waals surface area contributed by atoms with E-state index >= 15 is 0 Å². The number of fused-ring (bicyclic) bond motifs is 1. The first-order valence-corrected chi connectivity index (χ1v) is 14.7. The second-order valence-electron chi connectivity index (χ2n) is 9.58. The highest BCUT2D eigenvalue weighted by Crippen LogP contribution is 2.62. The molecule has 194 valence electrons. The number of hydrogen-bond acceptors (Lipinski definition) is 8. The summed E-state index contributed by atoms with van der Waals surface area (Å²) in [6, 6.07) is 9.57. The summed E-state index contributed by atoms with van der Waals surface area (Å²) in [5.41, 5.74) is -0.276. The summed E-state index contributed by atoms with van der Waals surface area (Å²) < 4.78 is 68.8. The van der Waals surface area contributed by atoms with Gasteiger partial charge in [0.05, 0.1) is 18.5 Å². The first-order valence-electron chi connectivity index (χ1n) is 11.4. The topological polar surface area (TPSA) is 148 Å². The fourth-order valence-electron chi connectivity index (χ4n) is 5.43. The number of anilines is 2. The number of piperidine rings is 1. The monoisotopic (exact) mass is 547 g/mol. The van der Waals surface area contributed by atoms with Crippen molar-refractivity contribution in [3.63, 3.8) is 0 Å². The number of carbonyl (C=O) groups excluding carboxylic acids is 1. The Labute approximate surface area is 212 Å². The molecule has 0 bridgehead atoms. The number of aliphatic hydroxyl groups is 1. The molecule has 3 aliphatic heterocycles. The van der Waals surface area contributed by atoms with Gasteiger partial charge in [0.25, 0.3) is 15.9 Å². The number of sulfonamides is 2. The van der Waals surface area contributed by atoms with Crippen LogP contribution in [0.25, 0.3) is 0 Å².